The predicted molar refractivity (Wildman–Crippen MR) is 92.6 cm³/mol. The maximum Gasteiger partial charge on any atom is 0.228 e. The number of nitrogens with one attached hydrogen (secondary N) is 1. The molecule has 1 N–H and O–H groups in total. The SMILES string of the molecule is CC(C)(C)CN1CCCC1c1cccc(Nc2ncccn2)n1. The Morgan fingerprint density at radius 2 is 1.96 bits per heavy atom. The lowest BCUT2D eigenvalue weighted by Gasteiger charge is -2.31. The second-order valence-electron chi connectivity index (χ2n) is 7.33. The molecular weight excluding hydrogens is 286 g/mol. The number of likely N-dealkylation sites (tertiary alicyclic amines) is 1. The Hall–Kier alpha value is -2.01. The lowest BCUT2D eigenvalue weighted by atomic mass is 9.95. The molecule has 0 aromatic carbocycles. The largest absolute Gasteiger partial charge is 0.309 e. The second-order valence-corrected chi connectivity index (χ2v) is 7.33. The average molecular weight is 311 g/mol. The quantitative estimate of drug-likeness (QED) is 0.931. The highest BCUT2D eigenvalue weighted by molar-refractivity contribution is 5.47. The Bertz CT molecular complexity index is 635. The Kier molecular flexibility index (Phi) is 4.57. The lowest BCUT2D eigenvalue weighted by molar-refractivity contribution is 0.176. The molecule has 0 bridgehead atoms. The molecule has 0 amide bonds. The highest BCUT2D eigenvalue weighted by atomic mass is 15.2. The van der Waals surface area contributed by atoms with E-state index in [1.54, 1.807) is 18.5 Å². The van der Waals surface area contributed by atoms with Crippen LogP contribution in [0.2, 0.25) is 0 Å². The fraction of sp³-hybridized carbons (Fsp3) is 0.500. The van der Waals surface area contributed by atoms with Crippen molar-refractivity contribution in [2.24, 2.45) is 5.41 Å². The first-order valence-corrected chi connectivity index (χ1v) is 8.26. The van der Waals surface area contributed by atoms with E-state index in [1.165, 1.54) is 12.8 Å². The molecule has 0 saturated carbocycles. The fourth-order valence-electron chi connectivity index (χ4n) is 3.14. The topological polar surface area (TPSA) is 53.9 Å². The van der Waals surface area contributed by atoms with Gasteiger partial charge in [0.25, 0.3) is 0 Å². The van der Waals surface area contributed by atoms with Gasteiger partial charge in [0.2, 0.25) is 5.95 Å². The van der Waals surface area contributed by atoms with Crippen molar-refractivity contribution < 1.29 is 0 Å². The van der Waals surface area contributed by atoms with Crippen LogP contribution in [0.15, 0.2) is 36.7 Å². The first kappa shape index (κ1) is 15.9. The van der Waals surface area contributed by atoms with Crippen LogP contribution in [0.25, 0.3) is 0 Å². The molecule has 1 atom stereocenters. The third-order valence-electron chi connectivity index (χ3n) is 3.96. The summed E-state index contributed by atoms with van der Waals surface area (Å²) in [4.78, 5) is 15.7. The van der Waals surface area contributed by atoms with Gasteiger partial charge in [-0.3, -0.25) is 4.90 Å². The maximum absolute atomic E-state index is 4.80. The van der Waals surface area contributed by atoms with Crippen LogP contribution in [0.4, 0.5) is 11.8 Å². The average Bonchev–Trinajstić information content (AvgIpc) is 2.94. The monoisotopic (exact) mass is 311 g/mol. The molecule has 1 unspecified atom stereocenters. The Labute approximate surface area is 138 Å². The zero-order valence-corrected chi connectivity index (χ0v) is 14.2. The van der Waals surface area contributed by atoms with Gasteiger partial charge in [0.05, 0.1) is 11.7 Å². The van der Waals surface area contributed by atoms with E-state index in [4.69, 9.17) is 4.98 Å². The molecule has 0 spiro atoms. The summed E-state index contributed by atoms with van der Waals surface area (Å²) in [5.74, 6) is 1.38. The zero-order valence-electron chi connectivity index (χ0n) is 14.2. The van der Waals surface area contributed by atoms with Gasteiger partial charge in [-0.05, 0) is 43.0 Å². The minimum atomic E-state index is 0.302. The lowest BCUT2D eigenvalue weighted by Crippen LogP contribution is -2.32. The molecule has 5 heteroatoms. The van der Waals surface area contributed by atoms with Gasteiger partial charge in [0.15, 0.2) is 0 Å². The van der Waals surface area contributed by atoms with Gasteiger partial charge in [0, 0.05) is 18.9 Å². The summed E-state index contributed by atoms with van der Waals surface area (Å²) in [7, 11) is 0. The van der Waals surface area contributed by atoms with Gasteiger partial charge in [-0.15, -0.1) is 0 Å². The molecule has 122 valence electrons. The molecule has 5 nitrogen and oxygen atoms in total. The Balaban J connectivity index is 1.76. The van der Waals surface area contributed by atoms with Crippen molar-refractivity contribution in [2.45, 2.75) is 39.7 Å². The maximum atomic E-state index is 4.80. The van der Waals surface area contributed by atoms with Crippen LogP contribution in [0.1, 0.15) is 45.3 Å². The molecule has 3 heterocycles. The summed E-state index contributed by atoms with van der Waals surface area (Å²) in [6, 6.07) is 8.36. The number of nitrogens with zero attached hydrogens (tertiary/aromatic N) is 4. The molecule has 1 saturated heterocycles. The first-order chi connectivity index (χ1) is 11.0. The summed E-state index contributed by atoms with van der Waals surface area (Å²) in [6.45, 7) is 9.13. The minimum absolute atomic E-state index is 0.302. The molecule has 1 fully saturated rings. The number of aromatic nitrogens is 3. The van der Waals surface area contributed by atoms with Gasteiger partial charge < -0.3 is 5.32 Å². The van der Waals surface area contributed by atoms with Gasteiger partial charge in [-0.2, -0.15) is 0 Å². The van der Waals surface area contributed by atoms with Crippen molar-refractivity contribution in [3.8, 4) is 0 Å². The highest BCUT2D eigenvalue weighted by Gasteiger charge is 2.30. The molecule has 2 aromatic rings. The van der Waals surface area contributed by atoms with E-state index in [9.17, 15) is 0 Å². The fourth-order valence-corrected chi connectivity index (χ4v) is 3.14. The van der Waals surface area contributed by atoms with E-state index >= 15 is 0 Å². The van der Waals surface area contributed by atoms with Crippen LogP contribution in [0.3, 0.4) is 0 Å². The molecule has 1 aliphatic rings. The van der Waals surface area contributed by atoms with Crippen LogP contribution in [0, 0.1) is 5.41 Å². The molecule has 1 aliphatic heterocycles. The normalized spacial score (nSPS) is 19.0. The number of hydrogen-bond donors (Lipinski definition) is 1. The van der Waals surface area contributed by atoms with Crippen molar-refractivity contribution >= 4 is 11.8 Å². The van der Waals surface area contributed by atoms with Crippen molar-refractivity contribution in [1.82, 2.24) is 19.9 Å². The van der Waals surface area contributed by atoms with E-state index in [-0.39, 0.29) is 0 Å². The minimum Gasteiger partial charge on any atom is -0.309 e. The summed E-state index contributed by atoms with van der Waals surface area (Å²) in [5, 5.41) is 3.18. The van der Waals surface area contributed by atoms with E-state index in [1.807, 2.05) is 6.07 Å². The van der Waals surface area contributed by atoms with Crippen molar-refractivity contribution in [3.63, 3.8) is 0 Å². The van der Waals surface area contributed by atoms with E-state index in [0.29, 0.717) is 17.4 Å². The van der Waals surface area contributed by atoms with Crippen LogP contribution in [0.5, 0.6) is 0 Å². The van der Waals surface area contributed by atoms with Crippen molar-refractivity contribution in [1.29, 1.82) is 0 Å². The molecule has 23 heavy (non-hydrogen) atoms. The van der Waals surface area contributed by atoms with E-state index in [2.05, 4.69) is 53.1 Å². The second kappa shape index (κ2) is 6.62. The first-order valence-electron chi connectivity index (χ1n) is 8.26. The van der Waals surface area contributed by atoms with Crippen molar-refractivity contribution in [3.05, 3.63) is 42.4 Å². The molecular formula is C18H25N5. The third-order valence-corrected chi connectivity index (χ3v) is 3.96. The van der Waals surface area contributed by atoms with Gasteiger partial charge >= 0.3 is 0 Å². The molecule has 2 aromatic heterocycles. The Morgan fingerprint density at radius 3 is 2.70 bits per heavy atom. The molecule has 0 aliphatic carbocycles. The summed E-state index contributed by atoms with van der Waals surface area (Å²) < 4.78 is 0. The standard InChI is InChI=1S/C18H25N5/c1-18(2,3)13-23-12-5-8-15(23)14-7-4-9-16(21-14)22-17-19-10-6-11-20-17/h4,6-7,9-11,15H,5,8,12-13H2,1-3H3,(H,19,20,21,22). The van der Waals surface area contributed by atoms with E-state index in [0.717, 1.165) is 24.6 Å². The molecule has 0 radical (unpaired) electrons. The highest BCUT2D eigenvalue weighted by Crippen LogP contribution is 2.33. The summed E-state index contributed by atoms with van der Waals surface area (Å²) in [6.07, 6.45) is 5.86. The van der Waals surface area contributed by atoms with Gasteiger partial charge in [-0.1, -0.05) is 26.8 Å². The number of anilines is 2. The van der Waals surface area contributed by atoms with Crippen LogP contribution < -0.4 is 5.32 Å². The molecule has 3 rings (SSSR count). The van der Waals surface area contributed by atoms with Crippen LogP contribution in [-0.4, -0.2) is 32.9 Å². The van der Waals surface area contributed by atoms with Gasteiger partial charge in [0.1, 0.15) is 5.82 Å². The Morgan fingerprint density at radius 1 is 1.17 bits per heavy atom. The predicted octanol–water partition coefficient (Wildman–Crippen LogP) is 3.80. The van der Waals surface area contributed by atoms with Crippen LogP contribution >= 0.6 is 0 Å². The number of rotatable bonds is 4. The summed E-state index contributed by atoms with van der Waals surface area (Å²) >= 11 is 0. The van der Waals surface area contributed by atoms with Crippen LogP contribution in [-0.2, 0) is 0 Å². The number of hydrogen-bond acceptors (Lipinski definition) is 5. The zero-order chi connectivity index (χ0) is 16.3. The number of pyridine rings is 1. The van der Waals surface area contributed by atoms with E-state index < -0.39 is 0 Å². The smallest absolute Gasteiger partial charge is 0.228 e. The third kappa shape index (κ3) is 4.26. The van der Waals surface area contributed by atoms with Crippen molar-refractivity contribution in [2.75, 3.05) is 18.4 Å². The van der Waals surface area contributed by atoms with Gasteiger partial charge in [-0.25, -0.2) is 15.0 Å². The summed E-state index contributed by atoms with van der Waals surface area (Å²) in [5.41, 5.74) is 1.43.